The Morgan fingerprint density at radius 2 is 0.808 bits per heavy atom. The average Bonchev–Trinajstić information content (AvgIpc) is 0.853. The van der Waals surface area contributed by atoms with Gasteiger partial charge in [0, 0.05) is 80.7 Å². The largest absolute Gasteiger partial charge is 0.459 e. The van der Waals surface area contributed by atoms with E-state index in [4.69, 9.17) is 25.8 Å². The van der Waals surface area contributed by atoms with E-state index in [1.54, 1.807) is 27.6 Å². The topological polar surface area (TPSA) is 329 Å². The van der Waals surface area contributed by atoms with Gasteiger partial charge in [-0.2, -0.15) is 20.4 Å². The highest BCUT2D eigenvalue weighted by atomic mass is 35.5. The van der Waals surface area contributed by atoms with Crippen molar-refractivity contribution in [2.24, 2.45) is 47.3 Å². The summed E-state index contributed by atoms with van der Waals surface area (Å²) in [5.41, 5.74) is 4.01. The highest BCUT2D eigenvalue weighted by Crippen LogP contribution is 2.41. The van der Waals surface area contributed by atoms with Crippen LogP contribution in [-0.2, 0) is 74.0 Å². The number of nitrogens with one attached hydrogen (secondary N) is 1. The maximum Gasteiger partial charge on any atom is 0.356 e. The van der Waals surface area contributed by atoms with Crippen LogP contribution in [0.15, 0.2) is 74.5 Å². The second-order valence-corrected chi connectivity index (χ2v) is 28.5. The molecule has 0 aromatic carbocycles. The molecule has 10 atom stereocenters. The molecule has 4 saturated heterocycles. The number of hydrogen-bond acceptors (Lipinski definition) is 19. The molecular weight excluding hydrogens is 1360 g/mol. The second kappa shape index (κ2) is 39.2. The van der Waals surface area contributed by atoms with E-state index >= 15 is 0 Å². The van der Waals surface area contributed by atoms with Crippen LogP contribution in [0.25, 0.3) is 0 Å². The number of aliphatic hydroxyl groups excluding tert-OH is 1. The average molecular weight is 1470 g/mol. The third-order valence-corrected chi connectivity index (χ3v) is 19.1. The zero-order valence-corrected chi connectivity index (χ0v) is 64.3. The van der Waals surface area contributed by atoms with Crippen molar-refractivity contribution in [3.63, 3.8) is 0 Å². The Morgan fingerprint density at radius 1 is 0.490 bits per heavy atom. The number of esters is 3. The number of hydrogen-bond donors (Lipinski definition) is 2. The molecule has 4 aromatic rings. The van der Waals surface area contributed by atoms with Crippen LogP contribution in [0.4, 0.5) is 0 Å². The number of nitrogens with zero attached hydrogens (tertiary/aromatic N) is 11. The number of ketones is 4. The van der Waals surface area contributed by atoms with Gasteiger partial charge in [0.25, 0.3) is 0 Å². The van der Waals surface area contributed by atoms with Crippen molar-refractivity contribution in [1.82, 2.24) is 59.1 Å². The lowest BCUT2D eigenvalue weighted by atomic mass is 9.76. The van der Waals surface area contributed by atoms with Gasteiger partial charge in [0.2, 0.25) is 35.4 Å². The molecule has 104 heavy (non-hydrogen) atoms. The minimum atomic E-state index is -1.74. The van der Waals surface area contributed by atoms with Crippen molar-refractivity contribution in [2.75, 3.05) is 19.8 Å². The van der Waals surface area contributed by atoms with Crippen LogP contribution < -0.4 is 5.32 Å². The number of ether oxygens (including phenoxy) is 3. The summed E-state index contributed by atoms with van der Waals surface area (Å²) < 4.78 is 22.0. The fraction of sp³-hybridized carbons (Fsp3) is 0.592. The van der Waals surface area contributed by atoms with Crippen LogP contribution in [0.3, 0.4) is 0 Å². The predicted octanol–water partition coefficient (Wildman–Crippen LogP) is 9.50. The van der Waals surface area contributed by atoms with E-state index in [-0.39, 0.29) is 139 Å². The number of alkyl halides is 1. The summed E-state index contributed by atoms with van der Waals surface area (Å²) in [4.78, 5) is 140. The molecule has 4 aromatic heterocycles. The van der Waals surface area contributed by atoms with Crippen LogP contribution in [-0.4, -0.2) is 179 Å². The molecular formula is C76H109ClN12O15. The summed E-state index contributed by atoms with van der Waals surface area (Å²) in [6.45, 7) is 48.4. The molecule has 0 spiro atoms. The summed E-state index contributed by atoms with van der Waals surface area (Å²) in [5, 5.41) is 30.6. The predicted molar refractivity (Wildman–Crippen MR) is 390 cm³/mol. The molecule has 8 rings (SSSR count). The van der Waals surface area contributed by atoms with Crippen LogP contribution in [0.1, 0.15) is 199 Å². The molecule has 28 heteroatoms. The minimum Gasteiger partial charge on any atom is -0.459 e. The van der Waals surface area contributed by atoms with Gasteiger partial charge in [-0.3, -0.25) is 57.1 Å². The second-order valence-electron chi connectivity index (χ2n) is 28.1. The number of likely N-dealkylation sites (tertiary alicyclic amines) is 3. The summed E-state index contributed by atoms with van der Waals surface area (Å²) >= 11 is 6.19. The van der Waals surface area contributed by atoms with Crippen molar-refractivity contribution in [2.45, 2.75) is 224 Å². The number of β-lactam (4-membered cyclic amide) rings is 4. The molecule has 0 radical (unpaired) electrons. The fourth-order valence-corrected chi connectivity index (χ4v) is 13.7. The molecule has 4 aliphatic rings. The number of amides is 4. The molecule has 570 valence electrons. The molecule has 0 aliphatic carbocycles. The van der Waals surface area contributed by atoms with Crippen molar-refractivity contribution < 1.29 is 72.1 Å². The van der Waals surface area contributed by atoms with Crippen LogP contribution in [0.2, 0.25) is 0 Å². The van der Waals surface area contributed by atoms with Crippen molar-refractivity contribution in [1.29, 1.82) is 0 Å². The Balaban J connectivity index is 0.000000251. The molecule has 0 bridgehead atoms. The third kappa shape index (κ3) is 20.7. The Bertz CT molecular complexity index is 3650. The van der Waals surface area contributed by atoms with Crippen molar-refractivity contribution >= 4 is 76.3 Å². The number of rotatable bonds is 36. The van der Waals surface area contributed by atoms with Gasteiger partial charge in [-0.15, -0.1) is 0 Å². The van der Waals surface area contributed by atoms with Gasteiger partial charge in [-0.25, -0.2) is 14.4 Å². The van der Waals surface area contributed by atoms with E-state index in [2.05, 4.69) is 59.0 Å². The summed E-state index contributed by atoms with van der Waals surface area (Å²) in [6, 6.07) is 5.57. The Labute approximate surface area is 616 Å². The van der Waals surface area contributed by atoms with Gasteiger partial charge in [0.15, 0.2) is 23.1 Å². The summed E-state index contributed by atoms with van der Waals surface area (Å²) in [5.74, 6) is -4.52. The number of carbonyl (C=O) groups is 11. The first-order chi connectivity index (χ1) is 49.1. The maximum absolute atomic E-state index is 12.8. The molecule has 27 nitrogen and oxygen atoms in total. The highest BCUT2D eigenvalue weighted by Gasteiger charge is 2.56. The molecule has 0 saturated carbocycles. The SMILES string of the molecule is C=CCOC(=O)C(=C)N1C(=O)[C@H](C(C)C)[C@H]1CC(=O)c1cc(C)n(CCC)n1.C=CCOC(=O)C(Cl)N1C(=O)[C@H](C(C)C)[C@H]1CC(=O)c1cc(C)n(CCC)n1.C=CCOC(=O)C(O)N1C(=O)[C@H](C(C)C)[C@H]1CC(=O)c1cc(C)n(CCC)n1.CCCn1nc(C(=O)C[C@H]2NC(=O)[C@@H]2C(C)C)cc1C. The molecule has 4 aliphatic heterocycles. The number of aromatic nitrogens is 8. The zero-order chi connectivity index (χ0) is 77.9. The van der Waals surface area contributed by atoms with E-state index in [1.807, 2.05) is 119 Å². The molecule has 4 amide bonds. The number of aryl methyl sites for hydroxylation is 8. The van der Waals surface area contributed by atoms with Crippen molar-refractivity contribution in [3.8, 4) is 0 Å². The lowest BCUT2D eigenvalue weighted by molar-refractivity contribution is -0.193. The number of aliphatic hydroxyl groups is 1. The third-order valence-electron chi connectivity index (χ3n) is 18.7. The van der Waals surface area contributed by atoms with Crippen LogP contribution in [0.5, 0.6) is 0 Å². The number of halogens is 1. The van der Waals surface area contributed by atoms with Crippen LogP contribution in [0, 0.1) is 75.0 Å². The Hall–Kier alpha value is -8.98. The minimum absolute atomic E-state index is 0.00936. The Kier molecular flexibility index (Phi) is 32.3. The Morgan fingerprint density at radius 3 is 1.15 bits per heavy atom. The highest BCUT2D eigenvalue weighted by molar-refractivity contribution is 6.31. The van der Waals surface area contributed by atoms with Crippen molar-refractivity contribution in [3.05, 3.63) is 120 Å². The van der Waals surface area contributed by atoms with Gasteiger partial charge >= 0.3 is 17.9 Å². The maximum atomic E-state index is 12.8. The number of Topliss-reactive ketones (excluding diaryl/α,β-unsaturated/α-hetero) is 4. The van der Waals surface area contributed by atoms with Gasteiger partial charge in [-0.1, -0.05) is 139 Å². The summed E-state index contributed by atoms with van der Waals surface area (Å²) in [6.07, 6.45) is 6.71. The van der Waals surface area contributed by atoms with E-state index in [0.717, 1.165) is 79.5 Å². The van der Waals surface area contributed by atoms with E-state index in [1.165, 1.54) is 28.0 Å². The molecule has 8 heterocycles. The first-order valence-electron chi connectivity index (χ1n) is 36.0. The molecule has 4 fully saturated rings. The van der Waals surface area contributed by atoms with Gasteiger partial charge in [-0.05, 0) is 101 Å². The van der Waals surface area contributed by atoms with E-state index < -0.39 is 53.7 Å². The normalized spacial score (nSPS) is 20.0. The monoisotopic (exact) mass is 1460 g/mol. The quantitative estimate of drug-likeness (QED) is 0.00625. The smallest absolute Gasteiger partial charge is 0.356 e. The number of carbonyl (C=O) groups excluding carboxylic acids is 11. The fourth-order valence-electron chi connectivity index (χ4n) is 13.4. The molecule has 2 N–H and O–H groups in total. The first-order valence-corrected chi connectivity index (χ1v) is 36.5. The van der Waals surface area contributed by atoms with E-state index in [0.29, 0.717) is 29.2 Å². The van der Waals surface area contributed by atoms with E-state index in [9.17, 15) is 57.8 Å². The standard InChI is InChI=1S/C21H29N3O4.C20H28ClN3O4.C20H29N3O5.C15H23N3O2/c1-7-9-23-14(5)11-16(22-23)18(25)12-17-19(13(3)4)20(26)24(17)15(6)21(27)28-10-8-2;1-6-8-23-13(5)10-14(22-23)16(25)11-15-17(12(3)4)19(26)24(15)18(21)20(27)28-9-7-2;1-6-8-22-13(5)10-14(21-22)16(24)11-15-17(12(3)4)18(25)23(15)19(26)20(27)28-9-7-2;1-5-6-18-10(4)7-11(17-18)13(19)8-12-14(9(2)3)15(20)16-12/h8,11,13,17,19H,2,6-7,9-10,12H2,1,3-5H3;7,10,12,15,17-18H,2,6,8-9,11H2,1,3-5H3;7,10,12,15,17,19,26H,2,6,8-9,11H2,1,3-5H3;7,9,12,14H,5-6,8H2,1-4H3,(H,16,20)/t17-,19-;15-,17-,18?;15-,17-,19?;12-,14-/m1111/s1. The van der Waals surface area contributed by atoms with Gasteiger partial charge < -0.3 is 39.3 Å². The first kappa shape index (κ1) is 85.7. The lowest BCUT2D eigenvalue weighted by Gasteiger charge is -2.50. The van der Waals surface area contributed by atoms with Gasteiger partial charge in [0.05, 0.1) is 41.8 Å². The van der Waals surface area contributed by atoms with Gasteiger partial charge in [0.1, 0.15) is 48.3 Å². The zero-order valence-electron chi connectivity index (χ0n) is 63.5. The van der Waals surface area contributed by atoms with Crippen LogP contribution >= 0.6 is 11.6 Å². The lowest BCUT2D eigenvalue weighted by Crippen LogP contribution is -2.68. The summed E-state index contributed by atoms with van der Waals surface area (Å²) in [7, 11) is 0. The molecule has 2 unspecified atom stereocenters.